The van der Waals surface area contributed by atoms with Crippen LogP contribution < -0.4 is 16.4 Å². The van der Waals surface area contributed by atoms with E-state index in [9.17, 15) is 34.8 Å². The van der Waals surface area contributed by atoms with Crippen molar-refractivity contribution in [2.45, 2.75) is 43.4 Å². The summed E-state index contributed by atoms with van der Waals surface area (Å²) in [5.41, 5.74) is 2.88. The van der Waals surface area contributed by atoms with E-state index >= 15 is 0 Å². The third-order valence-electron chi connectivity index (χ3n) is 8.29. The van der Waals surface area contributed by atoms with Crippen LogP contribution >= 0.6 is 0 Å². The molecule has 1 aromatic carbocycles. The number of benzene rings is 1. The highest BCUT2D eigenvalue weighted by Gasteiger charge is 2.64. The molecule has 3 aliphatic carbocycles. The molecule has 4 atom stereocenters. The number of amides is 1. The van der Waals surface area contributed by atoms with Crippen molar-refractivity contribution < 1.29 is 34.8 Å². The number of carbonyl (C=O) groups excluding carboxylic acids is 3. The van der Waals surface area contributed by atoms with E-state index in [-0.39, 0.29) is 35.8 Å². The lowest BCUT2D eigenvalue weighted by molar-refractivity contribution is -0.153. The Hall–Kier alpha value is -3.41. The summed E-state index contributed by atoms with van der Waals surface area (Å²) in [5.74, 6) is -6.47. The predicted molar refractivity (Wildman–Crippen MR) is 134 cm³/mol. The Morgan fingerprint density at radius 1 is 1.16 bits per heavy atom. The molecule has 2 fully saturated rings. The van der Waals surface area contributed by atoms with Crippen LogP contribution in [-0.2, 0) is 20.8 Å². The lowest BCUT2D eigenvalue weighted by Crippen LogP contribution is -2.65. The number of aliphatic hydroxyl groups is 3. The van der Waals surface area contributed by atoms with Crippen molar-refractivity contribution in [3.8, 4) is 5.75 Å². The maximum absolute atomic E-state index is 13.9. The maximum atomic E-state index is 13.9. The summed E-state index contributed by atoms with van der Waals surface area (Å²) < 4.78 is 0. The zero-order valence-electron chi connectivity index (χ0n) is 20.7. The Morgan fingerprint density at radius 3 is 2.46 bits per heavy atom. The number of phenols is 1. The molecule has 1 amide bonds. The van der Waals surface area contributed by atoms with Gasteiger partial charge in [-0.15, -0.1) is 0 Å². The average molecular weight is 513 g/mol. The van der Waals surface area contributed by atoms with Gasteiger partial charge in [0, 0.05) is 17.5 Å². The average Bonchev–Trinajstić information content (AvgIpc) is 2.83. The van der Waals surface area contributed by atoms with Gasteiger partial charge in [0.25, 0.3) is 5.91 Å². The highest BCUT2D eigenvalue weighted by molar-refractivity contribution is 6.24. The Kier molecular flexibility index (Phi) is 6.05. The van der Waals surface area contributed by atoms with E-state index in [2.05, 4.69) is 10.6 Å². The van der Waals surface area contributed by atoms with Crippen molar-refractivity contribution in [1.82, 2.24) is 10.2 Å². The fraction of sp³-hybridized carbons (Fsp3) is 0.500. The Morgan fingerprint density at radius 2 is 1.84 bits per heavy atom. The van der Waals surface area contributed by atoms with E-state index in [4.69, 9.17) is 5.73 Å². The molecule has 198 valence electrons. The van der Waals surface area contributed by atoms with Crippen LogP contribution in [0.25, 0.3) is 5.76 Å². The highest BCUT2D eigenvalue weighted by Crippen LogP contribution is 2.53. The molecular weight excluding hydrogens is 480 g/mol. The van der Waals surface area contributed by atoms with Gasteiger partial charge in [0.15, 0.2) is 11.4 Å². The molecule has 37 heavy (non-hydrogen) atoms. The van der Waals surface area contributed by atoms with E-state index in [1.165, 1.54) is 4.90 Å². The molecule has 0 radical (unpaired) electrons. The third kappa shape index (κ3) is 3.64. The number of likely N-dealkylation sites (N-methyl/N-ethyl adjacent to an activating group) is 1. The summed E-state index contributed by atoms with van der Waals surface area (Å²) in [6.45, 7) is 1.69. The molecule has 8 N–H and O–H groups in total. The smallest absolute Gasteiger partial charge is 0.255 e. The molecule has 4 aliphatic rings. The largest absolute Gasteiger partial charge is 0.508 e. The van der Waals surface area contributed by atoms with Crippen LogP contribution in [0.5, 0.6) is 5.75 Å². The monoisotopic (exact) mass is 512 g/mol. The summed E-state index contributed by atoms with van der Waals surface area (Å²) in [6, 6.07) is 2.57. The van der Waals surface area contributed by atoms with Crippen LogP contribution in [0.2, 0.25) is 0 Å². The molecule has 1 aromatic rings. The number of hydrogen-bond donors (Lipinski definition) is 7. The van der Waals surface area contributed by atoms with Crippen molar-refractivity contribution in [3.63, 3.8) is 0 Å². The molecule has 11 nitrogen and oxygen atoms in total. The first kappa shape index (κ1) is 25.2. The number of ketones is 2. The summed E-state index contributed by atoms with van der Waals surface area (Å²) in [4.78, 5) is 40.5. The SMILES string of the molecule is CN(C)[C@H]1C(=O)C(C(N)=O)=C(O)[C@]2(O)C(=O)C3=C(O)c4c(ccc(NC5CCNCC5)c4O)C[C@@H]3C[C@H]12. The number of rotatable bonds is 4. The number of piperidine rings is 1. The standard InChI is InChI=1S/C26H32N4O7/c1-30(2)19-14-10-12-9-11-3-4-15(29-13-5-7-28-8-6-13)20(31)16(11)21(32)17(12)23(34)26(14,37)24(35)18(22(19)33)25(27)36/h3-4,12-14,19,28-29,31-32,35,37H,5-10H2,1-2H3,(H2,27,36)/t12-,14-,19-,26-/m1/s1. The number of anilines is 1. The van der Waals surface area contributed by atoms with Gasteiger partial charge in [-0.1, -0.05) is 6.07 Å². The van der Waals surface area contributed by atoms with Crippen LogP contribution in [-0.4, -0.2) is 87.7 Å². The second-order valence-corrected chi connectivity index (χ2v) is 10.6. The predicted octanol–water partition coefficient (Wildman–Crippen LogP) is 0.128. The number of fused-ring (bicyclic) bond motifs is 3. The normalized spacial score (nSPS) is 30.2. The molecule has 0 spiro atoms. The Bertz CT molecular complexity index is 1260. The quantitative estimate of drug-likeness (QED) is 0.216. The number of nitrogens with one attached hydrogen (secondary N) is 2. The molecule has 5 rings (SSSR count). The van der Waals surface area contributed by atoms with Crippen LogP contribution in [0.4, 0.5) is 5.69 Å². The van der Waals surface area contributed by atoms with Crippen molar-refractivity contribution >= 4 is 28.9 Å². The molecule has 1 aliphatic heterocycles. The number of nitrogens with zero attached hydrogens (tertiary/aromatic N) is 1. The van der Waals surface area contributed by atoms with Gasteiger partial charge >= 0.3 is 0 Å². The molecular formula is C26H32N4O7. The summed E-state index contributed by atoms with van der Waals surface area (Å²) in [5, 5.41) is 51.5. The number of primary amides is 1. The van der Waals surface area contributed by atoms with Crippen molar-refractivity contribution in [2.75, 3.05) is 32.5 Å². The molecule has 11 heteroatoms. The maximum Gasteiger partial charge on any atom is 0.255 e. The Balaban J connectivity index is 1.62. The molecule has 1 saturated carbocycles. The van der Waals surface area contributed by atoms with E-state index in [1.54, 1.807) is 26.2 Å². The van der Waals surface area contributed by atoms with E-state index in [0.29, 0.717) is 11.3 Å². The fourth-order valence-corrected chi connectivity index (χ4v) is 6.52. The van der Waals surface area contributed by atoms with E-state index in [1.807, 2.05) is 0 Å². The topological polar surface area (TPSA) is 185 Å². The molecule has 0 bridgehead atoms. The minimum Gasteiger partial charge on any atom is -0.508 e. The van der Waals surface area contributed by atoms with Crippen molar-refractivity contribution in [2.24, 2.45) is 17.6 Å². The number of hydrogen-bond acceptors (Lipinski definition) is 10. The van der Waals surface area contributed by atoms with Gasteiger partial charge in [0.05, 0.1) is 17.3 Å². The van der Waals surface area contributed by atoms with Gasteiger partial charge in [-0.3, -0.25) is 19.3 Å². The zero-order chi connectivity index (χ0) is 26.8. The second kappa shape index (κ2) is 8.86. The van der Waals surface area contributed by atoms with Crippen LogP contribution in [0.1, 0.15) is 30.4 Å². The van der Waals surface area contributed by atoms with E-state index in [0.717, 1.165) is 25.9 Å². The number of aromatic hydroxyl groups is 1. The van der Waals surface area contributed by atoms with Crippen LogP contribution in [0.15, 0.2) is 29.0 Å². The van der Waals surface area contributed by atoms with E-state index < -0.39 is 58.0 Å². The Labute approximate surface area is 213 Å². The van der Waals surface area contributed by atoms with Gasteiger partial charge in [-0.2, -0.15) is 0 Å². The summed E-state index contributed by atoms with van der Waals surface area (Å²) in [7, 11) is 3.14. The fourth-order valence-electron chi connectivity index (χ4n) is 6.52. The lowest BCUT2D eigenvalue weighted by Gasteiger charge is -2.50. The molecule has 1 heterocycles. The molecule has 0 unspecified atom stereocenters. The number of carbonyl (C=O) groups is 3. The van der Waals surface area contributed by atoms with Gasteiger partial charge < -0.3 is 36.8 Å². The summed E-state index contributed by atoms with van der Waals surface area (Å²) in [6.07, 6.45) is 2.06. The van der Waals surface area contributed by atoms with Gasteiger partial charge in [0.2, 0.25) is 5.78 Å². The van der Waals surface area contributed by atoms with Crippen molar-refractivity contribution in [3.05, 3.63) is 40.2 Å². The first-order valence-electron chi connectivity index (χ1n) is 12.4. The molecule has 1 saturated heterocycles. The van der Waals surface area contributed by atoms with Gasteiger partial charge in [-0.05, 0) is 70.4 Å². The summed E-state index contributed by atoms with van der Waals surface area (Å²) >= 11 is 0. The minimum absolute atomic E-state index is 0.0710. The van der Waals surface area contributed by atoms with Gasteiger partial charge in [-0.25, -0.2) is 0 Å². The van der Waals surface area contributed by atoms with Gasteiger partial charge in [0.1, 0.15) is 22.8 Å². The number of Topliss-reactive ketones (excluding diaryl/α,β-unsaturated/α-hetero) is 2. The number of aliphatic hydroxyl groups excluding tert-OH is 2. The van der Waals surface area contributed by atoms with Crippen LogP contribution in [0.3, 0.4) is 0 Å². The first-order valence-corrected chi connectivity index (χ1v) is 12.4. The third-order valence-corrected chi connectivity index (χ3v) is 8.29. The van der Waals surface area contributed by atoms with Crippen LogP contribution in [0, 0.1) is 11.8 Å². The minimum atomic E-state index is -2.63. The number of nitrogens with two attached hydrogens (primary N) is 1. The second-order valence-electron chi connectivity index (χ2n) is 10.6. The first-order chi connectivity index (χ1) is 17.5. The lowest BCUT2D eigenvalue weighted by atomic mass is 9.57. The molecule has 0 aromatic heterocycles. The van der Waals surface area contributed by atoms with Crippen molar-refractivity contribution in [1.29, 1.82) is 0 Å². The number of phenolic OH excluding ortho intramolecular Hbond substituents is 1. The highest BCUT2D eigenvalue weighted by atomic mass is 16.3. The zero-order valence-corrected chi connectivity index (χ0v) is 20.7.